The van der Waals surface area contributed by atoms with Gasteiger partial charge in [0.25, 0.3) is 0 Å². The van der Waals surface area contributed by atoms with Gasteiger partial charge in [0, 0.05) is 59.2 Å². The average Bonchev–Trinajstić information content (AvgIpc) is 2.94. The van der Waals surface area contributed by atoms with Gasteiger partial charge in [0.1, 0.15) is 5.75 Å². The van der Waals surface area contributed by atoms with Crippen LogP contribution in [0.25, 0.3) is 0 Å². The van der Waals surface area contributed by atoms with Gasteiger partial charge in [-0.3, -0.25) is 4.90 Å². The van der Waals surface area contributed by atoms with Crippen LogP contribution in [-0.4, -0.2) is 72.3 Å². The number of rotatable bonds is 4. The summed E-state index contributed by atoms with van der Waals surface area (Å²) in [5, 5.41) is 16.4. The van der Waals surface area contributed by atoms with Gasteiger partial charge in [-0.15, -0.1) is 0 Å². The summed E-state index contributed by atoms with van der Waals surface area (Å²) in [6.45, 7) is 4.44. The molecule has 0 aromatic heterocycles. The molecule has 1 atom stereocenters. The van der Waals surface area contributed by atoms with Crippen LogP contribution in [0.4, 0.5) is 0 Å². The molecule has 9 heteroatoms. The van der Waals surface area contributed by atoms with Crippen LogP contribution in [0.3, 0.4) is 0 Å². The molecule has 7 nitrogen and oxygen atoms in total. The molecule has 1 unspecified atom stereocenters. The number of hydrogen-bond donors (Lipinski definition) is 2. The van der Waals surface area contributed by atoms with Crippen LogP contribution < -0.4 is 4.74 Å². The summed E-state index contributed by atoms with van der Waals surface area (Å²) in [4.78, 5) is 26.7. The second-order valence-electron chi connectivity index (χ2n) is 7.83. The summed E-state index contributed by atoms with van der Waals surface area (Å²) in [6.07, 6.45) is 2.13. The normalized spacial score (nSPS) is 18.5. The Bertz CT molecular complexity index is 1020. The number of benzene rings is 2. The number of hydrogen-bond acceptors (Lipinski definition) is 6. The Labute approximate surface area is 202 Å². The molecule has 0 bridgehead atoms. The monoisotopic (exact) mass is 490 g/mol. The van der Waals surface area contributed by atoms with Crippen LogP contribution in [0, 0.1) is 0 Å². The van der Waals surface area contributed by atoms with E-state index in [2.05, 4.69) is 47.2 Å². The highest BCUT2D eigenvalue weighted by molar-refractivity contribution is 7.99. The molecule has 4 rings (SSSR count). The lowest BCUT2D eigenvalue weighted by Crippen LogP contribution is -2.46. The molecule has 2 aromatic carbocycles. The summed E-state index contributed by atoms with van der Waals surface area (Å²) in [5.41, 5.74) is 2.75. The Morgan fingerprint density at radius 3 is 2.30 bits per heavy atom. The predicted molar refractivity (Wildman–Crippen MR) is 128 cm³/mol. The lowest BCUT2D eigenvalue weighted by atomic mass is 9.96. The third-order valence-corrected chi connectivity index (χ3v) is 7.01. The average molecular weight is 491 g/mol. The minimum atomic E-state index is -1.26. The van der Waals surface area contributed by atoms with Crippen molar-refractivity contribution in [2.24, 2.45) is 0 Å². The van der Waals surface area contributed by atoms with E-state index in [0.717, 1.165) is 43.4 Å². The van der Waals surface area contributed by atoms with Crippen molar-refractivity contribution >= 4 is 35.3 Å². The second-order valence-corrected chi connectivity index (χ2v) is 9.35. The first-order chi connectivity index (χ1) is 15.8. The Morgan fingerprint density at radius 2 is 1.70 bits per heavy atom. The Kier molecular flexibility index (Phi) is 8.80. The van der Waals surface area contributed by atoms with Crippen molar-refractivity contribution < 1.29 is 24.5 Å². The molecule has 0 spiro atoms. The number of fused-ring (bicyclic) bond motifs is 2. The fourth-order valence-electron chi connectivity index (χ4n) is 3.84. The molecule has 0 aliphatic carbocycles. The molecule has 0 saturated carbocycles. The number of piperazine rings is 1. The van der Waals surface area contributed by atoms with Crippen molar-refractivity contribution in [2.45, 2.75) is 22.3 Å². The molecule has 2 N–H and O–H groups in total. The van der Waals surface area contributed by atoms with Crippen LogP contribution in [0.5, 0.6) is 5.75 Å². The second kappa shape index (κ2) is 11.6. The van der Waals surface area contributed by atoms with E-state index in [-0.39, 0.29) is 0 Å². The van der Waals surface area contributed by atoms with Crippen molar-refractivity contribution in [3.05, 3.63) is 64.7 Å². The SMILES string of the molecule is COc1ccc2c(c1)Sc1ccc(Cl)cc1C(N1CCN(C)CC1)C2.O=C(O)/C=C\C(=O)O. The largest absolute Gasteiger partial charge is 0.497 e. The van der Waals surface area contributed by atoms with Crippen LogP contribution >= 0.6 is 23.4 Å². The molecule has 2 aromatic rings. The minimum Gasteiger partial charge on any atom is -0.497 e. The maximum atomic E-state index is 9.55. The molecule has 0 radical (unpaired) electrons. The fraction of sp³-hybridized carbons (Fsp3) is 0.333. The number of methoxy groups -OCH3 is 1. The van der Waals surface area contributed by atoms with Gasteiger partial charge in [-0.05, 0) is 54.9 Å². The zero-order chi connectivity index (χ0) is 24.0. The molecule has 2 aliphatic heterocycles. The summed E-state index contributed by atoms with van der Waals surface area (Å²) in [5.74, 6) is -1.60. The van der Waals surface area contributed by atoms with Gasteiger partial charge in [0.15, 0.2) is 0 Å². The first kappa shape index (κ1) is 25.1. The summed E-state index contributed by atoms with van der Waals surface area (Å²) in [6, 6.07) is 13.2. The van der Waals surface area contributed by atoms with Gasteiger partial charge < -0.3 is 19.8 Å². The molecule has 1 fully saturated rings. The van der Waals surface area contributed by atoms with E-state index >= 15 is 0 Å². The summed E-state index contributed by atoms with van der Waals surface area (Å²) >= 11 is 8.19. The van der Waals surface area contributed by atoms with Crippen molar-refractivity contribution in [1.29, 1.82) is 0 Å². The first-order valence-electron chi connectivity index (χ1n) is 10.5. The number of carboxylic acid groups (broad SMARTS) is 2. The van der Waals surface area contributed by atoms with Crippen LogP contribution in [0.1, 0.15) is 17.2 Å². The molecule has 1 saturated heterocycles. The molecule has 0 amide bonds. The van der Waals surface area contributed by atoms with E-state index < -0.39 is 11.9 Å². The van der Waals surface area contributed by atoms with Crippen LogP contribution in [-0.2, 0) is 16.0 Å². The van der Waals surface area contributed by atoms with Gasteiger partial charge in [-0.1, -0.05) is 29.4 Å². The third kappa shape index (κ3) is 6.98. The molecular weight excluding hydrogens is 464 g/mol. The number of nitrogens with zero attached hydrogens (tertiary/aromatic N) is 2. The Hall–Kier alpha value is -2.52. The lowest BCUT2D eigenvalue weighted by molar-refractivity contribution is -0.134. The van der Waals surface area contributed by atoms with E-state index in [0.29, 0.717) is 18.2 Å². The highest BCUT2D eigenvalue weighted by Gasteiger charge is 2.29. The molecule has 33 heavy (non-hydrogen) atoms. The maximum absolute atomic E-state index is 9.55. The van der Waals surface area contributed by atoms with Gasteiger partial charge >= 0.3 is 11.9 Å². The smallest absolute Gasteiger partial charge is 0.328 e. The number of carbonyl (C=O) groups is 2. The zero-order valence-electron chi connectivity index (χ0n) is 18.5. The van der Waals surface area contributed by atoms with E-state index in [1.165, 1.54) is 20.9 Å². The molecule has 176 valence electrons. The van der Waals surface area contributed by atoms with E-state index in [9.17, 15) is 9.59 Å². The molecular formula is C24H27ClN2O5S. The number of ether oxygens (including phenoxy) is 1. The van der Waals surface area contributed by atoms with Crippen molar-refractivity contribution in [1.82, 2.24) is 9.80 Å². The van der Waals surface area contributed by atoms with Crippen molar-refractivity contribution in [3.8, 4) is 5.75 Å². The van der Waals surface area contributed by atoms with Crippen molar-refractivity contribution in [2.75, 3.05) is 40.3 Å². The topological polar surface area (TPSA) is 90.3 Å². The molecule has 2 heterocycles. The standard InChI is InChI=1S/C20H23ClN2OS.C4H4O4/c1-22-7-9-23(10-8-22)18-11-14-3-5-16(24-2)13-20(14)25-19-6-4-15(21)12-17(18)19;5-3(6)1-2-4(7)8/h3-6,12-13,18H,7-11H2,1-2H3;1-2H,(H,5,6)(H,7,8)/b;2-1-. The lowest BCUT2D eigenvalue weighted by Gasteiger charge is -2.38. The minimum absolute atomic E-state index is 0.379. The van der Waals surface area contributed by atoms with Crippen LogP contribution in [0.15, 0.2) is 58.3 Å². The van der Waals surface area contributed by atoms with Crippen LogP contribution in [0.2, 0.25) is 5.02 Å². The number of carboxylic acids is 2. The van der Waals surface area contributed by atoms with E-state index in [1.54, 1.807) is 7.11 Å². The fourth-order valence-corrected chi connectivity index (χ4v) is 5.16. The summed E-state index contributed by atoms with van der Waals surface area (Å²) in [7, 11) is 3.93. The highest BCUT2D eigenvalue weighted by Crippen LogP contribution is 2.44. The zero-order valence-corrected chi connectivity index (χ0v) is 20.1. The number of aliphatic carboxylic acids is 2. The van der Waals surface area contributed by atoms with Gasteiger partial charge in [0.05, 0.1) is 7.11 Å². The molecule has 2 aliphatic rings. The Morgan fingerprint density at radius 1 is 1.03 bits per heavy atom. The summed E-state index contributed by atoms with van der Waals surface area (Å²) < 4.78 is 5.43. The van der Waals surface area contributed by atoms with Gasteiger partial charge in [-0.25, -0.2) is 9.59 Å². The van der Waals surface area contributed by atoms with E-state index in [1.807, 2.05) is 17.8 Å². The third-order valence-electron chi connectivity index (χ3n) is 5.59. The van der Waals surface area contributed by atoms with E-state index in [4.69, 9.17) is 26.6 Å². The van der Waals surface area contributed by atoms with Gasteiger partial charge in [-0.2, -0.15) is 0 Å². The maximum Gasteiger partial charge on any atom is 0.328 e. The first-order valence-corrected chi connectivity index (χ1v) is 11.7. The highest BCUT2D eigenvalue weighted by atomic mass is 35.5. The number of halogens is 1. The van der Waals surface area contributed by atoms with Gasteiger partial charge in [0.2, 0.25) is 0 Å². The predicted octanol–water partition coefficient (Wildman–Crippen LogP) is 4.06. The Balaban J connectivity index is 0.000000331. The van der Waals surface area contributed by atoms with Crippen molar-refractivity contribution in [3.63, 3.8) is 0 Å². The quantitative estimate of drug-likeness (QED) is 0.620. The number of likely N-dealkylation sites (N-methyl/N-ethyl adjacent to an activating group) is 1.